The number of hydrogen-bond acceptors (Lipinski definition) is 6. The van der Waals surface area contributed by atoms with Gasteiger partial charge in [-0.2, -0.15) is 0 Å². The molecule has 0 saturated carbocycles. The third-order valence-corrected chi connectivity index (χ3v) is 3.91. The molecule has 1 aromatic heterocycles. The van der Waals surface area contributed by atoms with E-state index in [2.05, 4.69) is 15.3 Å². The SMILES string of the molecule is O=C(/C=C/c1ccc2c(c1)OCO2)N1CC(Nc2ncccn2)C1. The van der Waals surface area contributed by atoms with Crippen molar-refractivity contribution in [3.05, 3.63) is 48.3 Å². The summed E-state index contributed by atoms with van der Waals surface area (Å²) in [5, 5.41) is 3.19. The first-order valence-electron chi connectivity index (χ1n) is 7.68. The first kappa shape index (κ1) is 14.5. The average Bonchev–Trinajstić information content (AvgIpc) is 3.04. The number of likely N-dealkylation sites (tertiary alicyclic amines) is 1. The largest absolute Gasteiger partial charge is 0.454 e. The van der Waals surface area contributed by atoms with Crippen LogP contribution in [0.1, 0.15) is 5.56 Å². The van der Waals surface area contributed by atoms with E-state index in [1.54, 1.807) is 35.5 Å². The highest BCUT2D eigenvalue weighted by Gasteiger charge is 2.29. The van der Waals surface area contributed by atoms with Crippen molar-refractivity contribution in [1.29, 1.82) is 0 Å². The van der Waals surface area contributed by atoms with Crippen molar-refractivity contribution in [2.24, 2.45) is 0 Å². The molecule has 7 nitrogen and oxygen atoms in total. The van der Waals surface area contributed by atoms with Crippen LogP contribution < -0.4 is 14.8 Å². The van der Waals surface area contributed by atoms with Gasteiger partial charge in [0.05, 0.1) is 6.04 Å². The van der Waals surface area contributed by atoms with Gasteiger partial charge in [0, 0.05) is 31.6 Å². The zero-order chi connectivity index (χ0) is 16.4. The minimum atomic E-state index is -0.0142. The average molecular weight is 324 g/mol. The second-order valence-corrected chi connectivity index (χ2v) is 5.60. The minimum Gasteiger partial charge on any atom is -0.454 e. The molecule has 1 aromatic carbocycles. The number of nitrogens with one attached hydrogen (secondary N) is 1. The molecule has 0 atom stereocenters. The fourth-order valence-corrected chi connectivity index (χ4v) is 2.60. The number of hydrogen-bond donors (Lipinski definition) is 1. The summed E-state index contributed by atoms with van der Waals surface area (Å²) >= 11 is 0. The van der Waals surface area contributed by atoms with Gasteiger partial charge in [0.15, 0.2) is 11.5 Å². The van der Waals surface area contributed by atoms with E-state index >= 15 is 0 Å². The molecule has 24 heavy (non-hydrogen) atoms. The van der Waals surface area contributed by atoms with Crippen LogP contribution in [0.15, 0.2) is 42.7 Å². The van der Waals surface area contributed by atoms with Crippen molar-refractivity contribution >= 4 is 17.9 Å². The van der Waals surface area contributed by atoms with Crippen LogP contribution in [0.25, 0.3) is 6.08 Å². The topological polar surface area (TPSA) is 76.6 Å². The smallest absolute Gasteiger partial charge is 0.246 e. The summed E-state index contributed by atoms with van der Waals surface area (Å²) in [6, 6.07) is 7.55. The Kier molecular flexibility index (Phi) is 3.74. The molecule has 0 unspecified atom stereocenters. The Hall–Kier alpha value is -3.09. The molecule has 7 heteroatoms. The van der Waals surface area contributed by atoms with Crippen molar-refractivity contribution in [3.63, 3.8) is 0 Å². The quantitative estimate of drug-likeness (QED) is 0.860. The summed E-state index contributed by atoms with van der Waals surface area (Å²) in [6.45, 7) is 1.53. The second kappa shape index (κ2) is 6.19. The van der Waals surface area contributed by atoms with E-state index in [9.17, 15) is 4.79 Å². The Balaban J connectivity index is 1.30. The van der Waals surface area contributed by atoms with E-state index in [1.165, 1.54) is 0 Å². The van der Waals surface area contributed by atoms with Gasteiger partial charge in [-0.1, -0.05) is 6.07 Å². The molecule has 2 aromatic rings. The summed E-state index contributed by atoms with van der Waals surface area (Å²) in [5.41, 5.74) is 0.903. The maximum absolute atomic E-state index is 12.2. The van der Waals surface area contributed by atoms with Crippen molar-refractivity contribution in [2.75, 3.05) is 25.2 Å². The Morgan fingerprint density at radius 3 is 2.83 bits per heavy atom. The van der Waals surface area contributed by atoms with E-state index in [0.717, 1.165) is 11.3 Å². The molecule has 0 aliphatic carbocycles. The summed E-state index contributed by atoms with van der Waals surface area (Å²) in [7, 11) is 0. The van der Waals surface area contributed by atoms with E-state index in [0.29, 0.717) is 24.8 Å². The molecule has 2 aliphatic rings. The van der Waals surface area contributed by atoms with Gasteiger partial charge in [-0.3, -0.25) is 4.79 Å². The second-order valence-electron chi connectivity index (χ2n) is 5.60. The van der Waals surface area contributed by atoms with E-state index < -0.39 is 0 Å². The zero-order valence-electron chi connectivity index (χ0n) is 12.9. The zero-order valence-corrected chi connectivity index (χ0v) is 12.9. The lowest BCUT2D eigenvalue weighted by molar-refractivity contribution is -0.129. The monoisotopic (exact) mass is 324 g/mol. The Morgan fingerprint density at radius 1 is 1.21 bits per heavy atom. The molecule has 1 fully saturated rings. The molecule has 1 amide bonds. The van der Waals surface area contributed by atoms with Crippen LogP contribution >= 0.6 is 0 Å². The molecular weight excluding hydrogens is 308 g/mol. The lowest BCUT2D eigenvalue weighted by Crippen LogP contribution is -2.56. The fraction of sp³-hybridized carbons (Fsp3) is 0.235. The minimum absolute atomic E-state index is 0.0142. The summed E-state index contributed by atoms with van der Waals surface area (Å²) in [6.07, 6.45) is 6.73. The number of nitrogens with zero attached hydrogens (tertiary/aromatic N) is 3. The normalized spacial score (nSPS) is 16.2. The number of carbonyl (C=O) groups excluding carboxylic acids is 1. The van der Waals surface area contributed by atoms with Crippen LogP contribution in [0.3, 0.4) is 0 Å². The van der Waals surface area contributed by atoms with Crippen LogP contribution in [-0.4, -0.2) is 46.7 Å². The Bertz CT molecular complexity index is 773. The van der Waals surface area contributed by atoms with Crippen LogP contribution in [-0.2, 0) is 4.79 Å². The van der Waals surface area contributed by atoms with E-state index in [4.69, 9.17) is 9.47 Å². The predicted octanol–water partition coefficient (Wildman–Crippen LogP) is 1.54. The molecule has 0 spiro atoms. The van der Waals surface area contributed by atoms with Gasteiger partial charge in [0.1, 0.15) is 0 Å². The Morgan fingerprint density at radius 2 is 2.00 bits per heavy atom. The number of anilines is 1. The van der Waals surface area contributed by atoms with Gasteiger partial charge in [-0.05, 0) is 29.8 Å². The van der Waals surface area contributed by atoms with Crippen LogP contribution in [0.5, 0.6) is 11.5 Å². The molecule has 3 heterocycles. The summed E-state index contributed by atoms with van der Waals surface area (Å²) in [4.78, 5) is 22.1. The van der Waals surface area contributed by atoms with Gasteiger partial charge in [0.25, 0.3) is 0 Å². The van der Waals surface area contributed by atoms with E-state index in [-0.39, 0.29) is 18.7 Å². The van der Waals surface area contributed by atoms with Gasteiger partial charge in [0.2, 0.25) is 18.6 Å². The Labute approximate surface area is 138 Å². The van der Waals surface area contributed by atoms with Gasteiger partial charge >= 0.3 is 0 Å². The van der Waals surface area contributed by atoms with Crippen molar-refractivity contribution in [1.82, 2.24) is 14.9 Å². The fourth-order valence-electron chi connectivity index (χ4n) is 2.60. The number of fused-ring (bicyclic) bond motifs is 1. The van der Waals surface area contributed by atoms with Crippen molar-refractivity contribution in [2.45, 2.75) is 6.04 Å². The first-order valence-corrected chi connectivity index (χ1v) is 7.68. The van der Waals surface area contributed by atoms with Crippen LogP contribution in [0.4, 0.5) is 5.95 Å². The summed E-state index contributed by atoms with van der Waals surface area (Å²) < 4.78 is 10.6. The molecule has 2 aliphatic heterocycles. The number of carbonyl (C=O) groups is 1. The standard InChI is InChI=1S/C17H16N4O3/c22-16(5-3-12-2-4-14-15(8-12)24-11-23-14)21-9-13(10-21)20-17-18-6-1-7-19-17/h1-8,13H,9-11H2,(H,18,19,20)/b5-3+. The maximum atomic E-state index is 12.2. The predicted molar refractivity (Wildman–Crippen MR) is 87.6 cm³/mol. The number of benzene rings is 1. The van der Waals surface area contributed by atoms with Crippen LogP contribution in [0.2, 0.25) is 0 Å². The highest BCUT2D eigenvalue weighted by molar-refractivity contribution is 5.92. The van der Waals surface area contributed by atoms with Gasteiger partial charge in [-0.15, -0.1) is 0 Å². The number of aromatic nitrogens is 2. The molecule has 1 N–H and O–H groups in total. The van der Waals surface area contributed by atoms with Crippen molar-refractivity contribution < 1.29 is 14.3 Å². The third-order valence-electron chi connectivity index (χ3n) is 3.91. The van der Waals surface area contributed by atoms with Gasteiger partial charge < -0.3 is 19.7 Å². The highest BCUT2D eigenvalue weighted by Crippen LogP contribution is 2.32. The number of rotatable bonds is 4. The highest BCUT2D eigenvalue weighted by atomic mass is 16.7. The maximum Gasteiger partial charge on any atom is 0.246 e. The summed E-state index contributed by atoms with van der Waals surface area (Å²) in [5.74, 6) is 2.02. The molecule has 122 valence electrons. The lowest BCUT2D eigenvalue weighted by Gasteiger charge is -2.38. The van der Waals surface area contributed by atoms with Gasteiger partial charge in [-0.25, -0.2) is 9.97 Å². The molecule has 1 saturated heterocycles. The number of ether oxygens (including phenoxy) is 2. The first-order chi connectivity index (χ1) is 11.8. The lowest BCUT2D eigenvalue weighted by atomic mass is 10.1. The molecular formula is C17H16N4O3. The van der Waals surface area contributed by atoms with Crippen molar-refractivity contribution in [3.8, 4) is 11.5 Å². The molecule has 4 rings (SSSR count). The van der Waals surface area contributed by atoms with Crippen LogP contribution in [0, 0.1) is 0 Å². The third kappa shape index (κ3) is 3.01. The van der Waals surface area contributed by atoms with E-state index in [1.807, 2.05) is 18.2 Å². The molecule has 0 bridgehead atoms. The number of amides is 1. The molecule has 0 radical (unpaired) electrons.